The summed E-state index contributed by atoms with van der Waals surface area (Å²) >= 11 is 0.977. The fourth-order valence-corrected chi connectivity index (χ4v) is 3.66. The maximum Gasteiger partial charge on any atom is 0.341 e. The van der Waals surface area contributed by atoms with Crippen LogP contribution in [0.4, 0.5) is 10.2 Å². The summed E-state index contributed by atoms with van der Waals surface area (Å²) < 4.78 is 19.9. The molecule has 1 aliphatic heterocycles. The van der Waals surface area contributed by atoms with Gasteiger partial charge in [0, 0.05) is 37.2 Å². The van der Waals surface area contributed by atoms with Gasteiger partial charge in [-0.25, -0.2) is 19.2 Å². The van der Waals surface area contributed by atoms with Crippen molar-refractivity contribution in [1.82, 2.24) is 18.9 Å². The molecule has 0 aliphatic carbocycles. The van der Waals surface area contributed by atoms with Gasteiger partial charge < -0.3 is 10.0 Å². The SMILES string of the molecule is CCC(=O)C1CN(c2nc3c(cc2F)c(=O)c(C(=O)O)cn3-c2ncns2)C1. The zero-order chi connectivity index (χ0) is 20.0. The fourth-order valence-electron chi connectivity index (χ4n) is 3.15. The summed E-state index contributed by atoms with van der Waals surface area (Å²) in [5.74, 6) is -2.24. The van der Waals surface area contributed by atoms with Crippen LogP contribution in [0.1, 0.15) is 23.7 Å². The number of anilines is 1. The van der Waals surface area contributed by atoms with Crippen molar-refractivity contribution in [3.05, 3.63) is 40.2 Å². The lowest BCUT2D eigenvalue weighted by Crippen LogP contribution is -2.51. The summed E-state index contributed by atoms with van der Waals surface area (Å²) in [5.41, 5.74) is -1.27. The van der Waals surface area contributed by atoms with E-state index in [9.17, 15) is 23.9 Å². The number of fused-ring (bicyclic) bond motifs is 1. The van der Waals surface area contributed by atoms with Gasteiger partial charge in [0.1, 0.15) is 17.7 Å². The van der Waals surface area contributed by atoms with E-state index in [2.05, 4.69) is 14.3 Å². The van der Waals surface area contributed by atoms with E-state index < -0.39 is 22.8 Å². The first kappa shape index (κ1) is 18.2. The molecule has 1 saturated heterocycles. The molecule has 28 heavy (non-hydrogen) atoms. The van der Waals surface area contributed by atoms with Crippen molar-refractivity contribution >= 4 is 40.1 Å². The number of carboxylic acids is 1. The molecule has 11 heteroatoms. The number of rotatable bonds is 5. The Kier molecular flexibility index (Phi) is 4.38. The topological polar surface area (TPSA) is 118 Å². The number of nitrogens with zero attached hydrogens (tertiary/aromatic N) is 5. The number of hydrogen-bond acceptors (Lipinski definition) is 8. The van der Waals surface area contributed by atoms with Crippen molar-refractivity contribution in [1.29, 1.82) is 0 Å². The second-order valence-corrected chi connectivity index (χ2v) is 7.12. The third-order valence-corrected chi connectivity index (χ3v) is 5.35. The molecular weight excluding hydrogens is 389 g/mol. The average molecular weight is 403 g/mol. The highest BCUT2D eigenvalue weighted by atomic mass is 32.1. The maximum atomic E-state index is 14.7. The third kappa shape index (κ3) is 2.83. The number of ketones is 1. The molecule has 144 valence electrons. The van der Waals surface area contributed by atoms with Gasteiger partial charge in [-0.2, -0.15) is 4.37 Å². The largest absolute Gasteiger partial charge is 0.477 e. The molecule has 4 rings (SSSR count). The lowest BCUT2D eigenvalue weighted by Gasteiger charge is -2.39. The number of carbonyl (C=O) groups excluding carboxylic acids is 1. The summed E-state index contributed by atoms with van der Waals surface area (Å²) in [6.45, 7) is 2.47. The molecule has 0 atom stereocenters. The Balaban J connectivity index is 1.88. The molecule has 9 nitrogen and oxygen atoms in total. The minimum atomic E-state index is -1.43. The number of halogens is 1. The molecule has 0 aromatic carbocycles. The second kappa shape index (κ2) is 6.75. The Morgan fingerprint density at radius 2 is 2.14 bits per heavy atom. The van der Waals surface area contributed by atoms with Gasteiger partial charge in [0.05, 0.1) is 11.3 Å². The first-order chi connectivity index (χ1) is 13.4. The van der Waals surface area contributed by atoms with Crippen molar-refractivity contribution in [2.75, 3.05) is 18.0 Å². The van der Waals surface area contributed by atoms with Crippen LogP contribution in [0.3, 0.4) is 0 Å². The monoisotopic (exact) mass is 403 g/mol. The first-order valence-corrected chi connectivity index (χ1v) is 9.22. The molecule has 1 fully saturated rings. The molecule has 0 radical (unpaired) electrons. The van der Waals surface area contributed by atoms with E-state index in [0.29, 0.717) is 24.6 Å². The van der Waals surface area contributed by atoms with E-state index in [0.717, 1.165) is 23.8 Å². The van der Waals surface area contributed by atoms with E-state index in [1.807, 2.05) is 0 Å². The summed E-state index contributed by atoms with van der Waals surface area (Å²) in [6.07, 6.45) is 2.81. The fraction of sp³-hybridized carbons (Fsp3) is 0.294. The smallest absolute Gasteiger partial charge is 0.341 e. The molecule has 0 unspecified atom stereocenters. The number of aromatic nitrogens is 4. The first-order valence-electron chi connectivity index (χ1n) is 8.44. The van der Waals surface area contributed by atoms with Gasteiger partial charge in [0.15, 0.2) is 17.3 Å². The van der Waals surface area contributed by atoms with Crippen LogP contribution in [0.25, 0.3) is 16.2 Å². The summed E-state index contributed by atoms with van der Waals surface area (Å²) in [5, 5.41) is 9.43. The number of pyridine rings is 2. The van der Waals surface area contributed by atoms with Gasteiger partial charge in [-0.3, -0.25) is 14.2 Å². The lowest BCUT2D eigenvalue weighted by atomic mass is 9.93. The van der Waals surface area contributed by atoms with Crippen molar-refractivity contribution in [2.45, 2.75) is 13.3 Å². The molecule has 4 heterocycles. The predicted molar refractivity (Wildman–Crippen MR) is 98.7 cm³/mol. The minimum absolute atomic E-state index is 0.00777. The third-order valence-electron chi connectivity index (χ3n) is 4.68. The van der Waals surface area contributed by atoms with Crippen LogP contribution in [-0.4, -0.2) is 48.9 Å². The van der Waals surface area contributed by atoms with Gasteiger partial charge >= 0.3 is 5.97 Å². The molecule has 3 aromatic heterocycles. The maximum absolute atomic E-state index is 14.7. The Hall–Kier alpha value is -3.21. The lowest BCUT2D eigenvalue weighted by molar-refractivity contribution is -0.123. The van der Waals surface area contributed by atoms with Crippen molar-refractivity contribution in [3.63, 3.8) is 0 Å². The van der Waals surface area contributed by atoms with Gasteiger partial charge in [0.2, 0.25) is 10.6 Å². The Morgan fingerprint density at radius 3 is 2.75 bits per heavy atom. The molecule has 0 bridgehead atoms. The van der Waals surface area contributed by atoms with Gasteiger partial charge in [-0.1, -0.05) is 6.92 Å². The van der Waals surface area contributed by atoms with Crippen molar-refractivity contribution in [3.8, 4) is 5.13 Å². The number of hydrogen-bond donors (Lipinski definition) is 1. The highest BCUT2D eigenvalue weighted by Crippen LogP contribution is 2.29. The van der Waals surface area contributed by atoms with Crippen LogP contribution in [0, 0.1) is 11.7 Å². The molecule has 3 aromatic rings. The summed E-state index contributed by atoms with van der Waals surface area (Å²) in [7, 11) is 0. The minimum Gasteiger partial charge on any atom is -0.477 e. The average Bonchev–Trinajstić information content (AvgIpc) is 3.15. The Labute approximate surface area is 161 Å². The van der Waals surface area contributed by atoms with Crippen LogP contribution >= 0.6 is 11.5 Å². The van der Waals surface area contributed by atoms with Crippen LogP contribution in [0.15, 0.2) is 23.4 Å². The molecule has 0 saturated carbocycles. The zero-order valence-electron chi connectivity index (χ0n) is 14.6. The van der Waals surface area contributed by atoms with E-state index in [1.54, 1.807) is 11.8 Å². The van der Waals surface area contributed by atoms with Gasteiger partial charge in [-0.15, -0.1) is 0 Å². The van der Waals surface area contributed by atoms with Crippen LogP contribution in [0.2, 0.25) is 0 Å². The number of carbonyl (C=O) groups is 2. The summed E-state index contributed by atoms with van der Waals surface area (Å²) in [6, 6.07) is 0.985. The quantitative estimate of drug-likeness (QED) is 0.681. The van der Waals surface area contributed by atoms with E-state index >= 15 is 0 Å². The second-order valence-electron chi connectivity index (χ2n) is 6.36. The van der Waals surface area contributed by atoms with Crippen LogP contribution in [-0.2, 0) is 4.79 Å². The van der Waals surface area contributed by atoms with E-state index in [4.69, 9.17) is 0 Å². The standard InChI is InChI=1S/C17H14FN5O4S/c1-2-12(24)8-4-22(5-8)15-11(18)3-9-13(25)10(16(26)27)6-23(14(9)21-15)17-19-7-20-28-17/h3,6-8H,2,4-5H2,1H3,(H,26,27). The van der Waals surface area contributed by atoms with Crippen LogP contribution < -0.4 is 10.3 Å². The Bertz CT molecular complexity index is 1150. The van der Waals surface area contributed by atoms with Crippen molar-refractivity contribution < 1.29 is 19.1 Å². The van der Waals surface area contributed by atoms with E-state index in [1.165, 1.54) is 10.9 Å². The van der Waals surface area contributed by atoms with Crippen molar-refractivity contribution in [2.24, 2.45) is 5.92 Å². The van der Waals surface area contributed by atoms with Gasteiger partial charge in [-0.05, 0) is 6.07 Å². The Morgan fingerprint density at radius 1 is 1.39 bits per heavy atom. The number of aromatic carboxylic acids is 1. The zero-order valence-corrected chi connectivity index (χ0v) is 15.4. The highest BCUT2D eigenvalue weighted by Gasteiger charge is 2.34. The molecule has 0 amide bonds. The van der Waals surface area contributed by atoms with Gasteiger partial charge in [0.25, 0.3) is 0 Å². The number of Topliss-reactive ketones (excluding diaryl/α,β-unsaturated/α-hetero) is 1. The van der Waals surface area contributed by atoms with E-state index in [-0.39, 0.29) is 28.6 Å². The normalized spacial score (nSPS) is 14.3. The number of carboxylic acid groups (broad SMARTS) is 1. The predicted octanol–water partition coefficient (Wildman–Crippen LogP) is 1.49. The highest BCUT2D eigenvalue weighted by molar-refractivity contribution is 7.08. The summed E-state index contributed by atoms with van der Waals surface area (Å²) in [4.78, 5) is 45.6. The molecule has 0 spiro atoms. The van der Waals surface area contributed by atoms with Crippen LogP contribution in [0.5, 0.6) is 0 Å². The molecule has 1 aliphatic rings. The molecule has 1 N–H and O–H groups in total. The molecular formula is C17H14FN5O4S.